The fourth-order valence-corrected chi connectivity index (χ4v) is 2.97. The average Bonchev–Trinajstić information content (AvgIpc) is 2.79. The second kappa shape index (κ2) is 5.75. The van der Waals surface area contributed by atoms with Crippen LogP contribution in [0.4, 0.5) is 5.82 Å². The molecule has 1 aliphatic rings. The van der Waals surface area contributed by atoms with Crippen LogP contribution in [0.2, 0.25) is 0 Å². The van der Waals surface area contributed by atoms with Crippen LogP contribution in [0, 0.1) is 6.92 Å². The molecule has 2 amide bonds. The van der Waals surface area contributed by atoms with Gasteiger partial charge in [0.15, 0.2) is 6.61 Å². The maximum atomic E-state index is 12.0. The van der Waals surface area contributed by atoms with Crippen LogP contribution < -0.4 is 15.8 Å². The van der Waals surface area contributed by atoms with Gasteiger partial charge < -0.3 is 15.8 Å². The molecule has 0 fully saturated rings. The van der Waals surface area contributed by atoms with Crippen LogP contribution in [-0.2, 0) is 16.6 Å². The Morgan fingerprint density at radius 2 is 2.30 bits per heavy atom. The topological polar surface area (TPSA) is 99.2 Å². The van der Waals surface area contributed by atoms with E-state index in [1.54, 1.807) is 17.8 Å². The number of benzene rings is 1. The average molecular weight is 314 g/mol. The van der Waals surface area contributed by atoms with Gasteiger partial charge in [0.2, 0.25) is 5.91 Å². The summed E-state index contributed by atoms with van der Waals surface area (Å²) in [6.45, 7) is 1.75. The molecule has 2 heterocycles. The third kappa shape index (κ3) is 2.90. The molecule has 7 nitrogen and oxygen atoms in total. The fourth-order valence-electron chi connectivity index (χ4n) is 2.97. The summed E-state index contributed by atoms with van der Waals surface area (Å²) in [5.41, 5.74) is 7.94. The van der Waals surface area contributed by atoms with E-state index in [-0.39, 0.29) is 18.4 Å². The highest BCUT2D eigenvalue weighted by Gasteiger charge is 2.31. The molecule has 23 heavy (non-hydrogen) atoms. The molecule has 2 aromatic rings. The molecule has 0 saturated heterocycles. The summed E-state index contributed by atoms with van der Waals surface area (Å²) < 4.78 is 7.04. The molecule has 3 rings (SSSR count). The number of rotatable bonds is 4. The van der Waals surface area contributed by atoms with Crippen LogP contribution in [0.25, 0.3) is 0 Å². The van der Waals surface area contributed by atoms with E-state index in [2.05, 4.69) is 10.4 Å². The van der Waals surface area contributed by atoms with E-state index in [4.69, 9.17) is 10.5 Å². The van der Waals surface area contributed by atoms with Gasteiger partial charge in [-0.1, -0.05) is 12.1 Å². The second-order valence-electron chi connectivity index (χ2n) is 5.60. The Morgan fingerprint density at radius 3 is 3.04 bits per heavy atom. The molecule has 3 N–H and O–H groups in total. The highest BCUT2D eigenvalue weighted by molar-refractivity contribution is 5.94. The van der Waals surface area contributed by atoms with Crippen LogP contribution in [-0.4, -0.2) is 28.2 Å². The maximum absolute atomic E-state index is 12.0. The minimum Gasteiger partial charge on any atom is -0.484 e. The summed E-state index contributed by atoms with van der Waals surface area (Å²) in [6, 6.07) is 7.37. The Bertz CT molecular complexity index is 782. The number of carbonyl (C=O) groups excluding carboxylic acids is 2. The summed E-state index contributed by atoms with van der Waals surface area (Å²) in [4.78, 5) is 22.9. The number of nitrogens with one attached hydrogen (secondary N) is 1. The van der Waals surface area contributed by atoms with Crippen molar-refractivity contribution in [1.29, 1.82) is 0 Å². The third-order valence-electron chi connectivity index (χ3n) is 3.91. The van der Waals surface area contributed by atoms with E-state index in [0.29, 0.717) is 12.2 Å². The molecule has 1 unspecified atom stereocenters. The Balaban J connectivity index is 1.97. The molecule has 0 aliphatic carbocycles. The lowest BCUT2D eigenvalue weighted by Crippen LogP contribution is -2.24. The van der Waals surface area contributed by atoms with Crippen molar-refractivity contribution in [2.75, 3.05) is 11.9 Å². The predicted octanol–water partition coefficient (Wildman–Crippen LogP) is 1.07. The van der Waals surface area contributed by atoms with Crippen LogP contribution >= 0.6 is 0 Å². The molecule has 1 aromatic carbocycles. The number of hydrogen-bond donors (Lipinski definition) is 2. The van der Waals surface area contributed by atoms with E-state index >= 15 is 0 Å². The molecular formula is C16H18N4O3. The van der Waals surface area contributed by atoms with Gasteiger partial charge in [0.1, 0.15) is 11.6 Å². The van der Waals surface area contributed by atoms with Gasteiger partial charge in [0, 0.05) is 24.9 Å². The lowest BCUT2D eigenvalue weighted by molar-refractivity contribution is -0.120. The zero-order chi connectivity index (χ0) is 16.6. The van der Waals surface area contributed by atoms with Crippen molar-refractivity contribution in [1.82, 2.24) is 9.78 Å². The van der Waals surface area contributed by atoms with Gasteiger partial charge >= 0.3 is 0 Å². The Hall–Kier alpha value is -2.83. The summed E-state index contributed by atoms with van der Waals surface area (Å²) >= 11 is 0. The smallest absolute Gasteiger partial charge is 0.255 e. The number of aryl methyl sites for hydroxylation is 2. The lowest BCUT2D eigenvalue weighted by atomic mass is 9.86. The number of aromatic nitrogens is 2. The maximum Gasteiger partial charge on any atom is 0.255 e. The Kier molecular flexibility index (Phi) is 3.77. The molecule has 1 atom stereocenters. The first-order valence-corrected chi connectivity index (χ1v) is 7.30. The van der Waals surface area contributed by atoms with Gasteiger partial charge in [0.25, 0.3) is 5.91 Å². The second-order valence-corrected chi connectivity index (χ2v) is 5.60. The quantitative estimate of drug-likeness (QED) is 0.881. The van der Waals surface area contributed by atoms with Crippen LogP contribution in [0.5, 0.6) is 5.75 Å². The van der Waals surface area contributed by atoms with E-state index in [1.165, 1.54) is 0 Å². The van der Waals surface area contributed by atoms with Gasteiger partial charge in [0.05, 0.1) is 5.69 Å². The predicted molar refractivity (Wildman–Crippen MR) is 84.2 cm³/mol. The monoisotopic (exact) mass is 314 g/mol. The van der Waals surface area contributed by atoms with E-state index in [9.17, 15) is 9.59 Å². The van der Waals surface area contributed by atoms with Crippen LogP contribution in [0.15, 0.2) is 24.3 Å². The number of anilines is 1. The molecule has 120 valence electrons. The molecular weight excluding hydrogens is 296 g/mol. The van der Waals surface area contributed by atoms with Crippen molar-refractivity contribution in [2.24, 2.45) is 12.8 Å². The minimum absolute atomic E-state index is 0.0473. The number of fused-ring (bicyclic) bond motifs is 1. The van der Waals surface area contributed by atoms with Crippen LogP contribution in [0.1, 0.15) is 29.2 Å². The number of carbonyl (C=O) groups is 2. The lowest BCUT2D eigenvalue weighted by Gasteiger charge is -2.24. The van der Waals surface area contributed by atoms with E-state index in [1.807, 2.05) is 25.1 Å². The molecule has 0 bridgehead atoms. The zero-order valence-corrected chi connectivity index (χ0v) is 13.0. The Labute approximate surface area is 133 Å². The first-order chi connectivity index (χ1) is 11.0. The summed E-state index contributed by atoms with van der Waals surface area (Å²) in [5.74, 6) is 0.610. The molecule has 0 saturated carbocycles. The van der Waals surface area contributed by atoms with E-state index < -0.39 is 5.91 Å². The van der Waals surface area contributed by atoms with Crippen molar-refractivity contribution in [2.45, 2.75) is 19.3 Å². The summed E-state index contributed by atoms with van der Waals surface area (Å²) in [7, 11) is 1.81. The number of amides is 2. The van der Waals surface area contributed by atoms with Gasteiger partial charge in [-0.25, -0.2) is 0 Å². The normalized spacial score (nSPS) is 16.6. The van der Waals surface area contributed by atoms with Crippen molar-refractivity contribution in [3.8, 4) is 5.75 Å². The highest BCUT2D eigenvalue weighted by Crippen LogP contribution is 2.39. The minimum atomic E-state index is -0.530. The summed E-state index contributed by atoms with van der Waals surface area (Å²) in [5, 5.41) is 7.27. The number of nitrogens with zero attached hydrogens (tertiary/aromatic N) is 2. The first kappa shape index (κ1) is 15.1. The third-order valence-corrected chi connectivity index (χ3v) is 3.91. The largest absolute Gasteiger partial charge is 0.484 e. The number of hydrogen-bond acceptors (Lipinski definition) is 4. The molecule has 1 aliphatic heterocycles. The van der Waals surface area contributed by atoms with Gasteiger partial charge in [-0.2, -0.15) is 5.10 Å². The fraction of sp³-hybridized carbons (Fsp3) is 0.312. The SMILES string of the molecule is Cc1nn(C)c2c1C(c1cccc(OCC(N)=O)c1)CC(=O)N2. The summed E-state index contributed by atoms with van der Waals surface area (Å²) in [6.07, 6.45) is 0.346. The Morgan fingerprint density at radius 1 is 1.52 bits per heavy atom. The highest BCUT2D eigenvalue weighted by atomic mass is 16.5. The molecule has 7 heteroatoms. The molecule has 1 aromatic heterocycles. The van der Waals surface area contributed by atoms with Crippen molar-refractivity contribution in [3.05, 3.63) is 41.1 Å². The van der Waals surface area contributed by atoms with Gasteiger partial charge in [-0.3, -0.25) is 14.3 Å². The van der Waals surface area contributed by atoms with Crippen molar-refractivity contribution in [3.63, 3.8) is 0 Å². The standard InChI is InChI=1S/C16H18N4O3/c1-9-15-12(7-14(22)18-16(15)20(2)19-9)10-4-3-5-11(6-10)23-8-13(17)21/h3-6,12H,7-8H2,1-2H3,(H2,17,21)(H,18,22). The molecule has 0 spiro atoms. The van der Waals surface area contributed by atoms with Crippen molar-refractivity contribution >= 4 is 17.6 Å². The van der Waals surface area contributed by atoms with Crippen molar-refractivity contribution < 1.29 is 14.3 Å². The van der Waals surface area contributed by atoms with Gasteiger partial charge in [-0.05, 0) is 24.6 Å². The number of ether oxygens (including phenoxy) is 1. The number of primary amides is 1. The number of nitrogens with two attached hydrogens (primary N) is 1. The first-order valence-electron chi connectivity index (χ1n) is 7.30. The zero-order valence-electron chi connectivity index (χ0n) is 13.0. The van der Waals surface area contributed by atoms with E-state index in [0.717, 1.165) is 22.6 Å². The van der Waals surface area contributed by atoms with Gasteiger partial charge in [-0.15, -0.1) is 0 Å². The molecule has 0 radical (unpaired) electrons. The van der Waals surface area contributed by atoms with Crippen LogP contribution in [0.3, 0.4) is 0 Å².